The Kier molecular flexibility index (Phi) is 2.96. The van der Waals surface area contributed by atoms with Crippen LogP contribution in [0.3, 0.4) is 0 Å². The SMILES string of the molecule is Cc1ccc(CC#N)cc1C(C)(C)C. The Balaban J connectivity index is 3.17. The van der Waals surface area contributed by atoms with E-state index in [4.69, 9.17) is 5.26 Å². The van der Waals surface area contributed by atoms with Crippen molar-refractivity contribution in [3.05, 3.63) is 34.9 Å². The molecule has 0 aromatic heterocycles. The molecule has 0 bridgehead atoms. The van der Waals surface area contributed by atoms with Gasteiger partial charge in [0.05, 0.1) is 12.5 Å². The zero-order valence-corrected chi connectivity index (χ0v) is 9.39. The molecule has 1 rings (SSSR count). The van der Waals surface area contributed by atoms with Crippen LogP contribution in [0, 0.1) is 18.3 Å². The fraction of sp³-hybridized carbons (Fsp3) is 0.462. The van der Waals surface area contributed by atoms with Crippen molar-refractivity contribution in [2.24, 2.45) is 0 Å². The molecule has 1 aromatic carbocycles. The highest BCUT2D eigenvalue weighted by Crippen LogP contribution is 2.26. The molecule has 0 amide bonds. The first kappa shape index (κ1) is 10.8. The van der Waals surface area contributed by atoms with Gasteiger partial charge in [0.25, 0.3) is 0 Å². The van der Waals surface area contributed by atoms with E-state index in [1.54, 1.807) is 0 Å². The third kappa shape index (κ3) is 2.35. The van der Waals surface area contributed by atoms with Crippen molar-refractivity contribution in [2.45, 2.75) is 39.5 Å². The number of rotatable bonds is 1. The van der Waals surface area contributed by atoms with Crippen LogP contribution in [0.15, 0.2) is 18.2 Å². The zero-order valence-electron chi connectivity index (χ0n) is 9.39. The maximum absolute atomic E-state index is 8.63. The minimum absolute atomic E-state index is 0.162. The van der Waals surface area contributed by atoms with Crippen molar-refractivity contribution in [3.8, 4) is 6.07 Å². The second-order valence-electron chi connectivity index (χ2n) is 4.73. The van der Waals surface area contributed by atoms with E-state index in [1.807, 2.05) is 6.07 Å². The number of hydrogen-bond donors (Lipinski definition) is 0. The van der Waals surface area contributed by atoms with Gasteiger partial charge in [0, 0.05) is 0 Å². The van der Waals surface area contributed by atoms with Crippen LogP contribution in [0.2, 0.25) is 0 Å². The molecule has 0 unspecified atom stereocenters. The predicted octanol–water partition coefficient (Wildman–Crippen LogP) is 3.36. The molecule has 0 aliphatic heterocycles. The smallest absolute Gasteiger partial charge is 0.0669 e. The summed E-state index contributed by atoms with van der Waals surface area (Å²) < 4.78 is 0. The summed E-state index contributed by atoms with van der Waals surface area (Å²) in [5.74, 6) is 0. The van der Waals surface area contributed by atoms with Gasteiger partial charge < -0.3 is 0 Å². The van der Waals surface area contributed by atoms with Crippen molar-refractivity contribution in [2.75, 3.05) is 0 Å². The summed E-state index contributed by atoms with van der Waals surface area (Å²) >= 11 is 0. The van der Waals surface area contributed by atoms with Gasteiger partial charge in [-0.1, -0.05) is 39.0 Å². The van der Waals surface area contributed by atoms with Crippen LogP contribution in [0.25, 0.3) is 0 Å². The first-order valence-electron chi connectivity index (χ1n) is 4.92. The molecular formula is C13H17N. The largest absolute Gasteiger partial charge is 0.198 e. The molecule has 0 N–H and O–H groups in total. The predicted molar refractivity (Wildman–Crippen MR) is 59.2 cm³/mol. The Bertz CT molecular complexity index is 364. The van der Waals surface area contributed by atoms with Crippen molar-refractivity contribution < 1.29 is 0 Å². The van der Waals surface area contributed by atoms with Gasteiger partial charge in [0.2, 0.25) is 0 Å². The summed E-state index contributed by atoms with van der Waals surface area (Å²) in [5.41, 5.74) is 3.92. The normalized spacial score (nSPS) is 11.1. The lowest BCUT2D eigenvalue weighted by atomic mass is 9.83. The number of nitriles is 1. The Labute approximate surface area is 86.4 Å². The molecule has 0 fully saturated rings. The Morgan fingerprint density at radius 3 is 2.43 bits per heavy atom. The van der Waals surface area contributed by atoms with Gasteiger partial charge in [-0.2, -0.15) is 5.26 Å². The molecule has 0 heterocycles. The summed E-state index contributed by atoms with van der Waals surface area (Å²) in [6.45, 7) is 8.72. The molecule has 74 valence electrons. The lowest BCUT2D eigenvalue weighted by Gasteiger charge is -2.22. The van der Waals surface area contributed by atoms with Gasteiger partial charge in [-0.25, -0.2) is 0 Å². The molecule has 1 aromatic rings. The Morgan fingerprint density at radius 1 is 1.29 bits per heavy atom. The summed E-state index contributed by atoms with van der Waals surface area (Å²) in [6.07, 6.45) is 0.503. The lowest BCUT2D eigenvalue weighted by Crippen LogP contribution is -2.13. The van der Waals surface area contributed by atoms with Gasteiger partial charge in [0.1, 0.15) is 0 Å². The average molecular weight is 187 g/mol. The summed E-state index contributed by atoms with van der Waals surface area (Å²) in [5, 5.41) is 8.63. The van der Waals surface area contributed by atoms with Crippen LogP contribution in [-0.2, 0) is 11.8 Å². The molecule has 0 aliphatic rings. The van der Waals surface area contributed by atoms with Crippen LogP contribution in [0.4, 0.5) is 0 Å². The Morgan fingerprint density at radius 2 is 1.93 bits per heavy atom. The number of nitrogens with zero attached hydrogens (tertiary/aromatic N) is 1. The molecule has 0 aliphatic carbocycles. The molecule has 0 spiro atoms. The van der Waals surface area contributed by atoms with E-state index in [0.717, 1.165) is 5.56 Å². The molecular weight excluding hydrogens is 170 g/mol. The van der Waals surface area contributed by atoms with Crippen molar-refractivity contribution in [3.63, 3.8) is 0 Å². The molecule has 1 heteroatoms. The maximum atomic E-state index is 8.63. The molecule has 0 saturated heterocycles. The first-order valence-corrected chi connectivity index (χ1v) is 4.92. The van der Waals surface area contributed by atoms with E-state index < -0.39 is 0 Å². The number of benzene rings is 1. The first-order chi connectivity index (χ1) is 6.45. The fourth-order valence-corrected chi connectivity index (χ4v) is 1.68. The van der Waals surface area contributed by atoms with Crippen LogP contribution in [0.1, 0.15) is 37.5 Å². The van der Waals surface area contributed by atoms with E-state index >= 15 is 0 Å². The summed E-state index contributed by atoms with van der Waals surface area (Å²) in [4.78, 5) is 0. The standard InChI is InChI=1S/C13H17N/c1-10-5-6-11(7-8-14)9-12(10)13(2,3)4/h5-6,9H,7H2,1-4H3. The maximum Gasteiger partial charge on any atom is 0.0669 e. The lowest BCUT2D eigenvalue weighted by molar-refractivity contribution is 0.585. The highest BCUT2D eigenvalue weighted by Gasteiger charge is 2.16. The van der Waals surface area contributed by atoms with E-state index in [2.05, 4.69) is 45.9 Å². The highest BCUT2D eigenvalue weighted by atomic mass is 14.2. The van der Waals surface area contributed by atoms with Gasteiger partial charge in [-0.3, -0.25) is 0 Å². The monoisotopic (exact) mass is 187 g/mol. The van der Waals surface area contributed by atoms with Gasteiger partial charge in [-0.15, -0.1) is 0 Å². The van der Waals surface area contributed by atoms with E-state index in [-0.39, 0.29) is 5.41 Å². The topological polar surface area (TPSA) is 23.8 Å². The molecule has 1 nitrogen and oxygen atoms in total. The average Bonchev–Trinajstić information content (AvgIpc) is 2.07. The van der Waals surface area contributed by atoms with Crippen LogP contribution in [0.5, 0.6) is 0 Å². The number of aryl methyl sites for hydroxylation is 1. The van der Waals surface area contributed by atoms with Gasteiger partial charge in [-0.05, 0) is 29.0 Å². The molecule has 0 atom stereocenters. The number of hydrogen-bond acceptors (Lipinski definition) is 1. The third-order valence-electron chi connectivity index (χ3n) is 2.39. The van der Waals surface area contributed by atoms with Crippen LogP contribution in [-0.4, -0.2) is 0 Å². The van der Waals surface area contributed by atoms with Crippen molar-refractivity contribution in [1.82, 2.24) is 0 Å². The minimum Gasteiger partial charge on any atom is -0.198 e. The van der Waals surface area contributed by atoms with E-state index in [1.165, 1.54) is 11.1 Å². The quantitative estimate of drug-likeness (QED) is 0.661. The van der Waals surface area contributed by atoms with E-state index in [9.17, 15) is 0 Å². The van der Waals surface area contributed by atoms with Crippen LogP contribution >= 0.6 is 0 Å². The van der Waals surface area contributed by atoms with Gasteiger partial charge in [0.15, 0.2) is 0 Å². The Hall–Kier alpha value is -1.29. The molecule has 0 saturated carbocycles. The molecule has 14 heavy (non-hydrogen) atoms. The van der Waals surface area contributed by atoms with Crippen molar-refractivity contribution in [1.29, 1.82) is 5.26 Å². The second-order valence-corrected chi connectivity index (χ2v) is 4.73. The highest BCUT2D eigenvalue weighted by molar-refractivity contribution is 5.36. The van der Waals surface area contributed by atoms with Crippen molar-refractivity contribution >= 4 is 0 Å². The fourth-order valence-electron chi connectivity index (χ4n) is 1.68. The third-order valence-corrected chi connectivity index (χ3v) is 2.39. The van der Waals surface area contributed by atoms with E-state index in [0.29, 0.717) is 6.42 Å². The minimum atomic E-state index is 0.162. The summed E-state index contributed by atoms with van der Waals surface area (Å²) in [6, 6.07) is 8.47. The molecule has 0 radical (unpaired) electrons. The summed E-state index contributed by atoms with van der Waals surface area (Å²) in [7, 11) is 0. The zero-order chi connectivity index (χ0) is 10.8. The van der Waals surface area contributed by atoms with Gasteiger partial charge >= 0.3 is 0 Å². The second kappa shape index (κ2) is 3.84. The van der Waals surface area contributed by atoms with Crippen LogP contribution < -0.4 is 0 Å².